The summed E-state index contributed by atoms with van der Waals surface area (Å²) < 4.78 is 5.70. The largest absolute Gasteiger partial charge is 0.438 e. The lowest BCUT2D eigenvalue weighted by molar-refractivity contribution is 0.454. The standard InChI is InChI=1S/C21H18N6O/c1-14-6-11-20(27-26-14)28-17-9-7-16(8-10-17)24-19-13-15(2)23-21(25-19)18-5-3-4-12-22-18/h3-13H,1-2H3,(H,23,24,25). The Morgan fingerprint density at radius 1 is 0.821 bits per heavy atom. The van der Waals surface area contributed by atoms with E-state index in [1.807, 2.05) is 68.4 Å². The number of aryl methyl sites for hydroxylation is 2. The predicted molar refractivity (Wildman–Crippen MR) is 107 cm³/mol. The van der Waals surface area contributed by atoms with Crippen LogP contribution in [0, 0.1) is 13.8 Å². The van der Waals surface area contributed by atoms with Crippen LogP contribution < -0.4 is 10.1 Å². The molecule has 7 heteroatoms. The van der Waals surface area contributed by atoms with Crippen LogP contribution in [0.3, 0.4) is 0 Å². The zero-order chi connectivity index (χ0) is 19.3. The number of hydrogen-bond acceptors (Lipinski definition) is 7. The van der Waals surface area contributed by atoms with Crippen molar-refractivity contribution in [3.05, 3.63) is 78.2 Å². The fraction of sp³-hybridized carbons (Fsp3) is 0.0952. The van der Waals surface area contributed by atoms with E-state index in [4.69, 9.17) is 4.74 Å². The first-order valence-electron chi connectivity index (χ1n) is 8.78. The van der Waals surface area contributed by atoms with Gasteiger partial charge in [0.15, 0.2) is 5.82 Å². The van der Waals surface area contributed by atoms with Crippen molar-refractivity contribution in [2.24, 2.45) is 0 Å². The van der Waals surface area contributed by atoms with Crippen molar-refractivity contribution in [3.63, 3.8) is 0 Å². The monoisotopic (exact) mass is 370 g/mol. The lowest BCUT2D eigenvalue weighted by Crippen LogP contribution is -2.00. The van der Waals surface area contributed by atoms with Crippen LogP contribution in [0.15, 0.2) is 66.9 Å². The SMILES string of the molecule is Cc1ccc(Oc2ccc(Nc3cc(C)nc(-c4ccccn4)n3)cc2)nn1. The van der Waals surface area contributed by atoms with Crippen LogP contribution in [0.1, 0.15) is 11.4 Å². The molecule has 0 aliphatic heterocycles. The maximum atomic E-state index is 5.70. The summed E-state index contributed by atoms with van der Waals surface area (Å²) >= 11 is 0. The Hall–Kier alpha value is -3.87. The van der Waals surface area contributed by atoms with E-state index < -0.39 is 0 Å². The fourth-order valence-corrected chi connectivity index (χ4v) is 2.56. The van der Waals surface area contributed by atoms with Gasteiger partial charge in [-0.15, -0.1) is 5.10 Å². The van der Waals surface area contributed by atoms with Crippen molar-refractivity contribution in [3.8, 4) is 23.1 Å². The smallest absolute Gasteiger partial charge is 0.238 e. The van der Waals surface area contributed by atoms with Crippen LogP contribution in [-0.2, 0) is 0 Å². The van der Waals surface area contributed by atoms with Crippen LogP contribution in [0.5, 0.6) is 11.6 Å². The zero-order valence-corrected chi connectivity index (χ0v) is 15.5. The summed E-state index contributed by atoms with van der Waals surface area (Å²) in [5.74, 6) is 2.42. The van der Waals surface area contributed by atoms with Gasteiger partial charge in [0.1, 0.15) is 17.3 Å². The van der Waals surface area contributed by atoms with Crippen molar-refractivity contribution in [2.45, 2.75) is 13.8 Å². The maximum Gasteiger partial charge on any atom is 0.238 e. The van der Waals surface area contributed by atoms with Crippen molar-refractivity contribution >= 4 is 11.5 Å². The van der Waals surface area contributed by atoms with Crippen LogP contribution in [0.25, 0.3) is 11.5 Å². The van der Waals surface area contributed by atoms with Crippen LogP contribution in [0.2, 0.25) is 0 Å². The maximum absolute atomic E-state index is 5.70. The summed E-state index contributed by atoms with van der Waals surface area (Å²) in [6, 6.07) is 18.7. The second-order valence-corrected chi connectivity index (χ2v) is 6.20. The molecule has 28 heavy (non-hydrogen) atoms. The lowest BCUT2D eigenvalue weighted by Gasteiger charge is -2.09. The molecule has 0 saturated heterocycles. The molecule has 7 nitrogen and oxygen atoms in total. The summed E-state index contributed by atoms with van der Waals surface area (Å²) in [7, 11) is 0. The van der Waals surface area contributed by atoms with Gasteiger partial charge in [-0.2, -0.15) is 5.10 Å². The average Bonchev–Trinajstić information content (AvgIpc) is 2.71. The Bertz CT molecular complexity index is 1070. The molecular formula is C21H18N6O. The van der Waals surface area contributed by atoms with Crippen LogP contribution in [-0.4, -0.2) is 25.1 Å². The third-order valence-corrected chi connectivity index (χ3v) is 3.87. The van der Waals surface area contributed by atoms with E-state index in [1.165, 1.54) is 0 Å². The number of rotatable bonds is 5. The third-order valence-electron chi connectivity index (χ3n) is 3.87. The molecule has 3 heterocycles. The van der Waals surface area contributed by atoms with E-state index in [2.05, 4.69) is 30.5 Å². The minimum absolute atomic E-state index is 0.456. The normalized spacial score (nSPS) is 10.5. The van der Waals surface area contributed by atoms with E-state index in [9.17, 15) is 0 Å². The van der Waals surface area contributed by atoms with Crippen molar-refractivity contribution < 1.29 is 4.74 Å². The molecule has 0 saturated carbocycles. The summed E-state index contributed by atoms with van der Waals surface area (Å²) in [6.45, 7) is 3.81. The summed E-state index contributed by atoms with van der Waals surface area (Å²) in [6.07, 6.45) is 1.73. The topological polar surface area (TPSA) is 85.7 Å². The molecule has 3 aromatic heterocycles. The van der Waals surface area contributed by atoms with Crippen molar-refractivity contribution in [1.29, 1.82) is 0 Å². The Balaban J connectivity index is 1.50. The van der Waals surface area contributed by atoms with Crippen molar-refractivity contribution in [1.82, 2.24) is 25.1 Å². The van der Waals surface area contributed by atoms with E-state index in [1.54, 1.807) is 12.3 Å². The van der Waals surface area contributed by atoms with Crippen LogP contribution >= 0.6 is 0 Å². The van der Waals surface area contributed by atoms with Gasteiger partial charge in [-0.25, -0.2) is 9.97 Å². The predicted octanol–water partition coefficient (Wildman–Crippen LogP) is 4.48. The Morgan fingerprint density at radius 2 is 1.68 bits per heavy atom. The summed E-state index contributed by atoms with van der Waals surface area (Å²) in [5.41, 5.74) is 3.32. The third kappa shape index (κ3) is 4.27. The molecule has 0 aliphatic carbocycles. The van der Waals surface area contributed by atoms with Gasteiger partial charge >= 0.3 is 0 Å². The molecule has 1 N–H and O–H groups in total. The van der Waals surface area contributed by atoms with Gasteiger partial charge in [-0.05, 0) is 56.3 Å². The van der Waals surface area contributed by atoms with Gasteiger partial charge in [-0.1, -0.05) is 6.07 Å². The van der Waals surface area contributed by atoms with Crippen molar-refractivity contribution in [2.75, 3.05) is 5.32 Å². The first-order valence-corrected chi connectivity index (χ1v) is 8.78. The van der Waals surface area contributed by atoms with E-state index in [0.717, 1.165) is 22.8 Å². The quantitative estimate of drug-likeness (QED) is 0.554. The minimum atomic E-state index is 0.456. The molecular weight excluding hydrogens is 352 g/mol. The zero-order valence-electron chi connectivity index (χ0n) is 15.5. The van der Waals surface area contributed by atoms with E-state index >= 15 is 0 Å². The summed E-state index contributed by atoms with van der Waals surface area (Å²) in [5, 5.41) is 11.3. The van der Waals surface area contributed by atoms with Gasteiger partial charge in [0.05, 0.1) is 5.69 Å². The molecule has 0 bridgehead atoms. The first kappa shape index (κ1) is 17.5. The van der Waals surface area contributed by atoms with E-state index in [-0.39, 0.29) is 0 Å². The number of nitrogens with one attached hydrogen (secondary N) is 1. The molecule has 4 rings (SSSR count). The van der Waals surface area contributed by atoms with Crippen LogP contribution in [0.4, 0.5) is 11.5 Å². The highest BCUT2D eigenvalue weighted by Crippen LogP contribution is 2.24. The summed E-state index contributed by atoms with van der Waals surface area (Å²) in [4.78, 5) is 13.3. The molecule has 4 aromatic rings. The second kappa shape index (κ2) is 7.79. The number of ether oxygens (including phenoxy) is 1. The average molecular weight is 370 g/mol. The lowest BCUT2D eigenvalue weighted by atomic mass is 10.3. The number of benzene rings is 1. The number of hydrogen-bond donors (Lipinski definition) is 1. The molecule has 0 atom stereocenters. The van der Waals surface area contributed by atoms with Gasteiger partial charge < -0.3 is 10.1 Å². The highest BCUT2D eigenvalue weighted by atomic mass is 16.5. The minimum Gasteiger partial charge on any atom is -0.438 e. The molecule has 0 spiro atoms. The highest BCUT2D eigenvalue weighted by Gasteiger charge is 2.07. The number of anilines is 2. The molecule has 0 fully saturated rings. The second-order valence-electron chi connectivity index (χ2n) is 6.20. The number of nitrogens with zero attached hydrogens (tertiary/aromatic N) is 5. The van der Waals surface area contributed by atoms with Gasteiger partial charge in [0, 0.05) is 29.7 Å². The molecule has 138 valence electrons. The van der Waals surface area contributed by atoms with Gasteiger partial charge in [-0.3, -0.25) is 4.98 Å². The number of pyridine rings is 1. The molecule has 1 aromatic carbocycles. The first-order chi connectivity index (χ1) is 13.7. The number of aromatic nitrogens is 5. The molecule has 0 radical (unpaired) electrons. The molecule has 0 aliphatic rings. The van der Waals surface area contributed by atoms with Gasteiger partial charge in [0.25, 0.3) is 0 Å². The fourth-order valence-electron chi connectivity index (χ4n) is 2.56. The highest BCUT2D eigenvalue weighted by molar-refractivity contribution is 5.60. The molecule has 0 amide bonds. The Morgan fingerprint density at radius 3 is 2.39 bits per heavy atom. The van der Waals surface area contributed by atoms with Gasteiger partial charge in [0.2, 0.25) is 5.88 Å². The van der Waals surface area contributed by atoms with E-state index in [0.29, 0.717) is 23.3 Å². The molecule has 0 unspecified atom stereocenters. The Labute approximate surface area is 162 Å². The Kier molecular flexibility index (Phi) is 4.88.